The summed E-state index contributed by atoms with van der Waals surface area (Å²) in [5, 5.41) is 18.9. The molecular weight excluding hydrogens is 226 g/mol. The minimum Gasteiger partial charge on any atom is -0.386 e. The number of aromatic nitrogens is 3. The Kier molecular flexibility index (Phi) is 3.11. The molecule has 4 heteroatoms. The summed E-state index contributed by atoms with van der Waals surface area (Å²) in [7, 11) is 0. The Morgan fingerprint density at radius 3 is 2.61 bits per heavy atom. The fraction of sp³-hybridized carbons (Fsp3) is 0.429. The van der Waals surface area contributed by atoms with Gasteiger partial charge in [0, 0.05) is 0 Å². The second-order valence-electron chi connectivity index (χ2n) is 4.88. The summed E-state index contributed by atoms with van der Waals surface area (Å²) in [6.45, 7) is 0. The minimum absolute atomic E-state index is 0.353. The fourth-order valence-corrected chi connectivity index (χ4v) is 2.61. The van der Waals surface area contributed by atoms with Crippen LogP contribution in [0, 0.1) is 5.92 Å². The molecule has 1 saturated carbocycles. The van der Waals surface area contributed by atoms with Crippen molar-refractivity contribution in [1.29, 1.82) is 0 Å². The zero-order chi connectivity index (χ0) is 12.4. The van der Waals surface area contributed by atoms with Gasteiger partial charge in [-0.15, -0.1) is 0 Å². The fourth-order valence-electron chi connectivity index (χ4n) is 2.61. The van der Waals surface area contributed by atoms with Crippen molar-refractivity contribution in [3.8, 4) is 5.69 Å². The van der Waals surface area contributed by atoms with Crippen molar-refractivity contribution in [2.75, 3.05) is 0 Å². The second-order valence-corrected chi connectivity index (χ2v) is 4.88. The summed E-state index contributed by atoms with van der Waals surface area (Å²) in [5.74, 6) is 0.353. The Morgan fingerprint density at radius 1 is 1.17 bits per heavy atom. The monoisotopic (exact) mass is 243 g/mol. The summed E-state index contributed by atoms with van der Waals surface area (Å²) in [6, 6.07) is 9.76. The molecule has 0 saturated heterocycles. The highest BCUT2D eigenvalue weighted by Gasteiger charge is 2.26. The number of nitrogens with zero attached hydrogens (tertiary/aromatic N) is 3. The van der Waals surface area contributed by atoms with Gasteiger partial charge in [-0.25, -0.2) is 0 Å². The van der Waals surface area contributed by atoms with Crippen molar-refractivity contribution in [3.05, 3.63) is 42.2 Å². The van der Waals surface area contributed by atoms with Crippen LogP contribution in [0.3, 0.4) is 0 Å². The van der Waals surface area contributed by atoms with Crippen LogP contribution in [0.25, 0.3) is 5.69 Å². The van der Waals surface area contributed by atoms with E-state index in [0.29, 0.717) is 11.6 Å². The van der Waals surface area contributed by atoms with Crippen LogP contribution in [0.1, 0.15) is 37.5 Å². The molecule has 0 aliphatic heterocycles. The first-order valence-electron chi connectivity index (χ1n) is 6.50. The van der Waals surface area contributed by atoms with Crippen molar-refractivity contribution in [2.45, 2.75) is 31.8 Å². The summed E-state index contributed by atoms with van der Waals surface area (Å²) >= 11 is 0. The molecule has 1 aliphatic carbocycles. The van der Waals surface area contributed by atoms with Crippen molar-refractivity contribution >= 4 is 0 Å². The zero-order valence-electron chi connectivity index (χ0n) is 10.2. The molecule has 0 radical (unpaired) electrons. The number of hydrogen-bond donors (Lipinski definition) is 1. The highest BCUT2D eigenvalue weighted by atomic mass is 16.3. The van der Waals surface area contributed by atoms with Crippen LogP contribution in [0.4, 0.5) is 0 Å². The van der Waals surface area contributed by atoms with Gasteiger partial charge in [0.15, 0.2) is 0 Å². The third kappa shape index (κ3) is 2.16. The van der Waals surface area contributed by atoms with E-state index in [2.05, 4.69) is 10.2 Å². The summed E-state index contributed by atoms with van der Waals surface area (Å²) in [6.07, 6.45) is 5.84. The molecule has 1 aromatic heterocycles. The maximum atomic E-state index is 10.3. The smallest absolute Gasteiger partial charge is 0.112 e. The Balaban J connectivity index is 1.81. The largest absolute Gasteiger partial charge is 0.386 e. The molecule has 1 unspecified atom stereocenters. The summed E-state index contributed by atoms with van der Waals surface area (Å²) in [5.41, 5.74) is 1.60. The van der Waals surface area contributed by atoms with E-state index in [-0.39, 0.29) is 0 Å². The first kappa shape index (κ1) is 11.4. The van der Waals surface area contributed by atoms with Gasteiger partial charge in [-0.05, 0) is 30.9 Å². The SMILES string of the molecule is OC(c1cnn(-c2ccccc2)n1)C1CCCC1. The molecule has 0 amide bonds. The number of aliphatic hydroxyl groups excluding tert-OH is 1. The predicted molar refractivity (Wildman–Crippen MR) is 68.3 cm³/mol. The van der Waals surface area contributed by atoms with Crippen LogP contribution in [0.15, 0.2) is 36.5 Å². The van der Waals surface area contributed by atoms with E-state index in [1.54, 1.807) is 11.0 Å². The molecule has 94 valence electrons. The Bertz CT molecular complexity index is 503. The van der Waals surface area contributed by atoms with Crippen LogP contribution in [0.2, 0.25) is 0 Å². The summed E-state index contributed by atoms with van der Waals surface area (Å²) < 4.78 is 0. The number of benzene rings is 1. The number of para-hydroxylation sites is 1. The molecule has 1 atom stereocenters. The predicted octanol–water partition coefficient (Wildman–Crippen LogP) is 2.49. The van der Waals surface area contributed by atoms with Gasteiger partial charge in [0.1, 0.15) is 11.8 Å². The molecule has 18 heavy (non-hydrogen) atoms. The topological polar surface area (TPSA) is 50.9 Å². The number of rotatable bonds is 3. The Labute approximate surface area is 106 Å². The molecule has 1 N–H and O–H groups in total. The molecular formula is C14H17N3O. The molecule has 1 aromatic carbocycles. The maximum Gasteiger partial charge on any atom is 0.112 e. The van der Waals surface area contributed by atoms with Crippen molar-refractivity contribution < 1.29 is 5.11 Å². The lowest BCUT2D eigenvalue weighted by atomic mass is 9.99. The number of hydrogen-bond acceptors (Lipinski definition) is 3. The van der Waals surface area contributed by atoms with Gasteiger partial charge >= 0.3 is 0 Å². The first-order chi connectivity index (χ1) is 8.84. The average Bonchev–Trinajstić information content (AvgIpc) is 3.10. The van der Waals surface area contributed by atoms with E-state index in [9.17, 15) is 5.11 Å². The molecule has 1 heterocycles. The molecule has 4 nitrogen and oxygen atoms in total. The van der Waals surface area contributed by atoms with Gasteiger partial charge in [0.25, 0.3) is 0 Å². The van der Waals surface area contributed by atoms with Gasteiger partial charge in [0.05, 0.1) is 11.9 Å². The second kappa shape index (κ2) is 4.90. The van der Waals surface area contributed by atoms with Gasteiger partial charge in [-0.1, -0.05) is 31.0 Å². The van der Waals surface area contributed by atoms with Crippen LogP contribution in [-0.4, -0.2) is 20.1 Å². The van der Waals surface area contributed by atoms with Crippen LogP contribution < -0.4 is 0 Å². The molecule has 0 bridgehead atoms. The van der Waals surface area contributed by atoms with Crippen LogP contribution in [-0.2, 0) is 0 Å². The van der Waals surface area contributed by atoms with Gasteiger partial charge in [0.2, 0.25) is 0 Å². The van der Waals surface area contributed by atoms with E-state index in [0.717, 1.165) is 18.5 Å². The Morgan fingerprint density at radius 2 is 1.89 bits per heavy atom. The highest BCUT2D eigenvalue weighted by Crippen LogP contribution is 2.34. The normalized spacial score (nSPS) is 18.1. The van der Waals surface area contributed by atoms with Crippen LogP contribution >= 0.6 is 0 Å². The van der Waals surface area contributed by atoms with E-state index in [4.69, 9.17) is 0 Å². The Hall–Kier alpha value is -1.68. The van der Waals surface area contributed by atoms with E-state index < -0.39 is 6.10 Å². The minimum atomic E-state index is -0.468. The van der Waals surface area contributed by atoms with Crippen molar-refractivity contribution in [3.63, 3.8) is 0 Å². The van der Waals surface area contributed by atoms with Crippen molar-refractivity contribution in [1.82, 2.24) is 15.0 Å². The lowest BCUT2D eigenvalue weighted by Crippen LogP contribution is -2.10. The van der Waals surface area contributed by atoms with Gasteiger partial charge < -0.3 is 5.11 Å². The first-order valence-corrected chi connectivity index (χ1v) is 6.50. The lowest BCUT2D eigenvalue weighted by Gasteiger charge is -2.14. The maximum absolute atomic E-state index is 10.3. The van der Waals surface area contributed by atoms with Gasteiger partial charge in [-0.3, -0.25) is 0 Å². The molecule has 0 spiro atoms. The molecule has 1 fully saturated rings. The van der Waals surface area contributed by atoms with E-state index in [1.807, 2.05) is 30.3 Å². The quantitative estimate of drug-likeness (QED) is 0.901. The lowest BCUT2D eigenvalue weighted by molar-refractivity contribution is 0.107. The standard InChI is InChI=1S/C14H17N3O/c18-14(11-6-4-5-7-11)13-10-15-17(16-13)12-8-2-1-3-9-12/h1-3,8-11,14,18H,4-7H2. The van der Waals surface area contributed by atoms with Gasteiger partial charge in [-0.2, -0.15) is 15.0 Å². The third-order valence-electron chi connectivity index (χ3n) is 3.65. The average molecular weight is 243 g/mol. The summed E-state index contributed by atoms with van der Waals surface area (Å²) in [4.78, 5) is 1.58. The number of aliphatic hydroxyl groups is 1. The zero-order valence-corrected chi connectivity index (χ0v) is 10.2. The highest BCUT2D eigenvalue weighted by molar-refractivity contribution is 5.28. The molecule has 1 aliphatic rings. The van der Waals surface area contributed by atoms with Crippen molar-refractivity contribution in [2.24, 2.45) is 5.92 Å². The molecule has 3 rings (SSSR count). The van der Waals surface area contributed by atoms with E-state index in [1.165, 1.54) is 12.8 Å². The van der Waals surface area contributed by atoms with E-state index >= 15 is 0 Å². The van der Waals surface area contributed by atoms with Crippen LogP contribution in [0.5, 0.6) is 0 Å². The third-order valence-corrected chi connectivity index (χ3v) is 3.65. The molecule has 2 aromatic rings.